The van der Waals surface area contributed by atoms with Gasteiger partial charge in [0, 0.05) is 16.4 Å². The van der Waals surface area contributed by atoms with Crippen molar-refractivity contribution >= 4 is 46.1 Å². The number of hydrogen-bond acceptors (Lipinski definition) is 4. The standard InChI is InChI=1S/C20H17ClN2O3S/c21-14-6-8-17(9-7-14)26-11-10-19(24)22-15-3-1-4-16(13-15)23-20(25)18-5-2-12-27-18/h1-9,12-13H,10-11H2,(H,22,24)(H,23,25). The van der Waals surface area contributed by atoms with Crippen LogP contribution in [0.4, 0.5) is 11.4 Å². The highest BCUT2D eigenvalue weighted by atomic mass is 35.5. The molecule has 0 atom stereocenters. The molecular formula is C20H17ClN2O3S. The fourth-order valence-corrected chi connectivity index (χ4v) is 3.04. The van der Waals surface area contributed by atoms with E-state index in [2.05, 4.69) is 10.6 Å². The number of ether oxygens (including phenoxy) is 1. The number of amides is 2. The second-order valence-electron chi connectivity index (χ2n) is 5.61. The van der Waals surface area contributed by atoms with Crippen LogP contribution in [0.2, 0.25) is 5.02 Å². The summed E-state index contributed by atoms with van der Waals surface area (Å²) >= 11 is 7.18. The van der Waals surface area contributed by atoms with Crippen molar-refractivity contribution < 1.29 is 14.3 Å². The van der Waals surface area contributed by atoms with Crippen LogP contribution in [0.1, 0.15) is 16.1 Å². The Kier molecular flexibility index (Phi) is 6.46. The van der Waals surface area contributed by atoms with Gasteiger partial charge in [-0.2, -0.15) is 0 Å². The lowest BCUT2D eigenvalue weighted by atomic mass is 10.2. The van der Waals surface area contributed by atoms with E-state index in [1.165, 1.54) is 11.3 Å². The van der Waals surface area contributed by atoms with Crippen LogP contribution in [0.25, 0.3) is 0 Å². The van der Waals surface area contributed by atoms with E-state index in [1.807, 2.05) is 11.4 Å². The third kappa shape index (κ3) is 5.84. The number of nitrogens with one attached hydrogen (secondary N) is 2. The van der Waals surface area contributed by atoms with E-state index < -0.39 is 0 Å². The first-order valence-electron chi connectivity index (χ1n) is 8.23. The van der Waals surface area contributed by atoms with E-state index in [-0.39, 0.29) is 24.8 Å². The SMILES string of the molecule is O=C(CCOc1ccc(Cl)cc1)Nc1cccc(NC(=O)c2cccs2)c1. The zero-order valence-corrected chi connectivity index (χ0v) is 15.8. The molecule has 138 valence electrons. The minimum Gasteiger partial charge on any atom is -0.493 e. The van der Waals surface area contributed by atoms with Gasteiger partial charge in [-0.15, -0.1) is 11.3 Å². The molecule has 0 aliphatic carbocycles. The van der Waals surface area contributed by atoms with Gasteiger partial charge in [-0.25, -0.2) is 0 Å². The third-order valence-corrected chi connectivity index (χ3v) is 4.68. The minimum absolute atomic E-state index is 0.175. The van der Waals surface area contributed by atoms with Crippen molar-refractivity contribution in [2.45, 2.75) is 6.42 Å². The van der Waals surface area contributed by atoms with E-state index in [1.54, 1.807) is 54.6 Å². The number of carbonyl (C=O) groups excluding carboxylic acids is 2. The zero-order chi connectivity index (χ0) is 19.1. The first-order chi connectivity index (χ1) is 13.1. The molecule has 5 nitrogen and oxygen atoms in total. The van der Waals surface area contributed by atoms with Gasteiger partial charge in [-0.3, -0.25) is 9.59 Å². The first-order valence-corrected chi connectivity index (χ1v) is 9.49. The maximum Gasteiger partial charge on any atom is 0.265 e. The molecule has 0 unspecified atom stereocenters. The number of hydrogen-bond donors (Lipinski definition) is 2. The van der Waals surface area contributed by atoms with Crippen LogP contribution in [0, 0.1) is 0 Å². The third-order valence-electron chi connectivity index (χ3n) is 3.56. The quantitative estimate of drug-likeness (QED) is 0.582. The molecule has 0 radical (unpaired) electrons. The fraction of sp³-hybridized carbons (Fsp3) is 0.100. The van der Waals surface area contributed by atoms with Crippen molar-refractivity contribution in [3.63, 3.8) is 0 Å². The number of halogens is 1. The van der Waals surface area contributed by atoms with Gasteiger partial charge in [-0.1, -0.05) is 23.7 Å². The fourth-order valence-electron chi connectivity index (χ4n) is 2.29. The Balaban J connectivity index is 1.49. The summed E-state index contributed by atoms with van der Waals surface area (Å²) in [6.07, 6.45) is 0.203. The van der Waals surface area contributed by atoms with Gasteiger partial charge < -0.3 is 15.4 Å². The molecule has 2 aromatic carbocycles. The predicted molar refractivity (Wildman–Crippen MR) is 109 cm³/mol. The molecule has 0 spiro atoms. The summed E-state index contributed by atoms with van der Waals surface area (Å²) in [7, 11) is 0. The Hall–Kier alpha value is -2.83. The molecule has 7 heteroatoms. The molecule has 3 aromatic rings. The van der Waals surface area contributed by atoms with Crippen LogP contribution in [0.3, 0.4) is 0 Å². The van der Waals surface area contributed by atoms with Crippen molar-refractivity contribution in [1.82, 2.24) is 0 Å². The molecule has 0 aliphatic rings. The molecular weight excluding hydrogens is 384 g/mol. The smallest absolute Gasteiger partial charge is 0.265 e. The molecule has 0 fully saturated rings. The lowest BCUT2D eigenvalue weighted by Gasteiger charge is -2.09. The summed E-state index contributed by atoms with van der Waals surface area (Å²) in [4.78, 5) is 24.8. The molecule has 0 aliphatic heterocycles. The molecule has 2 amide bonds. The summed E-state index contributed by atoms with van der Waals surface area (Å²) in [6, 6.07) is 17.5. The average molecular weight is 401 g/mol. The molecule has 2 N–H and O–H groups in total. The highest BCUT2D eigenvalue weighted by molar-refractivity contribution is 7.12. The molecule has 0 bridgehead atoms. The van der Waals surface area contributed by atoms with Crippen LogP contribution in [-0.4, -0.2) is 18.4 Å². The Labute approximate surface area is 165 Å². The van der Waals surface area contributed by atoms with Crippen LogP contribution in [-0.2, 0) is 4.79 Å². The first kappa shape index (κ1) is 18.9. The van der Waals surface area contributed by atoms with Crippen molar-refractivity contribution in [3.8, 4) is 5.75 Å². The van der Waals surface area contributed by atoms with Crippen molar-refractivity contribution in [2.75, 3.05) is 17.2 Å². The van der Waals surface area contributed by atoms with Gasteiger partial charge in [0.1, 0.15) is 5.75 Å². The topological polar surface area (TPSA) is 67.4 Å². The lowest BCUT2D eigenvalue weighted by Crippen LogP contribution is -2.15. The van der Waals surface area contributed by atoms with Gasteiger partial charge in [0.2, 0.25) is 5.91 Å². The molecule has 1 aromatic heterocycles. The second kappa shape index (κ2) is 9.21. The van der Waals surface area contributed by atoms with Crippen molar-refractivity contribution in [2.24, 2.45) is 0 Å². The Morgan fingerprint density at radius 1 is 0.963 bits per heavy atom. The monoisotopic (exact) mass is 400 g/mol. The molecule has 3 rings (SSSR count). The number of benzene rings is 2. The van der Waals surface area contributed by atoms with E-state index in [0.29, 0.717) is 27.0 Å². The van der Waals surface area contributed by atoms with Gasteiger partial charge >= 0.3 is 0 Å². The largest absolute Gasteiger partial charge is 0.493 e. The molecule has 27 heavy (non-hydrogen) atoms. The van der Waals surface area contributed by atoms with E-state index in [0.717, 1.165) is 0 Å². The number of carbonyl (C=O) groups is 2. The normalized spacial score (nSPS) is 10.3. The van der Waals surface area contributed by atoms with E-state index >= 15 is 0 Å². The molecule has 0 saturated carbocycles. The summed E-state index contributed by atoms with van der Waals surface area (Å²) in [5.74, 6) is 0.307. The second-order valence-corrected chi connectivity index (χ2v) is 7.00. The maximum atomic E-state index is 12.1. The van der Waals surface area contributed by atoms with E-state index in [4.69, 9.17) is 16.3 Å². The van der Waals surface area contributed by atoms with Crippen molar-refractivity contribution in [1.29, 1.82) is 0 Å². The van der Waals surface area contributed by atoms with Crippen LogP contribution in [0.5, 0.6) is 5.75 Å². The number of anilines is 2. The highest BCUT2D eigenvalue weighted by Gasteiger charge is 2.08. The average Bonchev–Trinajstić information content (AvgIpc) is 3.18. The predicted octanol–water partition coefficient (Wildman–Crippen LogP) is 5.06. The summed E-state index contributed by atoms with van der Waals surface area (Å²) in [6.45, 7) is 0.252. The molecule has 1 heterocycles. The zero-order valence-electron chi connectivity index (χ0n) is 14.3. The van der Waals surface area contributed by atoms with Crippen LogP contribution < -0.4 is 15.4 Å². The Morgan fingerprint density at radius 2 is 1.70 bits per heavy atom. The summed E-state index contributed by atoms with van der Waals surface area (Å²) in [5.41, 5.74) is 1.22. The Morgan fingerprint density at radius 3 is 2.41 bits per heavy atom. The summed E-state index contributed by atoms with van der Waals surface area (Å²) in [5, 5.41) is 8.08. The molecule has 0 saturated heterocycles. The number of rotatable bonds is 7. The van der Waals surface area contributed by atoms with Crippen molar-refractivity contribution in [3.05, 3.63) is 75.9 Å². The number of thiophene rings is 1. The van der Waals surface area contributed by atoms with E-state index in [9.17, 15) is 9.59 Å². The van der Waals surface area contributed by atoms with Gasteiger partial charge in [-0.05, 0) is 53.9 Å². The Bertz CT molecular complexity index is 911. The highest BCUT2D eigenvalue weighted by Crippen LogP contribution is 2.18. The van der Waals surface area contributed by atoms with Crippen LogP contribution >= 0.6 is 22.9 Å². The maximum absolute atomic E-state index is 12.1. The van der Waals surface area contributed by atoms with Gasteiger partial charge in [0.15, 0.2) is 0 Å². The summed E-state index contributed by atoms with van der Waals surface area (Å²) < 4.78 is 5.51. The minimum atomic E-state index is -0.176. The van der Waals surface area contributed by atoms with Crippen LogP contribution in [0.15, 0.2) is 66.0 Å². The lowest BCUT2D eigenvalue weighted by molar-refractivity contribution is -0.116. The van der Waals surface area contributed by atoms with Gasteiger partial charge in [0.05, 0.1) is 17.9 Å². The van der Waals surface area contributed by atoms with Gasteiger partial charge in [0.25, 0.3) is 5.91 Å².